The Morgan fingerprint density at radius 2 is 1.63 bits per heavy atom. The second-order valence-electron chi connectivity index (χ2n) is 9.67. The molecule has 0 aliphatic carbocycles. The van der Waals surface area contributed by atoms with Crippen molar-refractivity contribution in [2.24, 2.45) is 0 Å². The fraction of sp³-hybridized carbons (Fsp3) is 0.226. The van der Waals surface area contributed by atoms with Crippen LogP contribution in [0.1, 0.15) is 53.4 Å². The van der Waals surface area contributed by atoms with Gasteiger partial charge in [-0.2, -0.15) is 0 Å². The van der Waals surface area contributed by atoms with Crippen molar-refractivity contribution in [3.05, 3.63) is 117 Å². The lowest BCUT2D eigenvalue weighted by molar-refractivity contribution is 0.00695. The number of fused-ring (bicyclic) bond motifs is 1. The first-order valence-corrected chi connectivity index (χ1v) is 11.7. The molecule has 0 N–H and O–H groups in total. The van der Waals surface area contributed by atoms with Crippen molar-refractivity contribution in [3.8, 4) is 11.8 Å². The van der Waals surface area contributed by atoms with Crippen LogP contribution < -0.4 is 5.56 Å². The van der Waals surface area contributed by atoms with Crippen LogP contribution in [0.4, 0.5) is 0 Å². The molecule has 1 aromatic heterocycles. The Morgan fingerprint density at radius 1 is 0.914 bits per heavy atom. The zero-order valence-electron chi connectivity index (χ0n) is 20.6. The van der Waals surface area contributed by atoms with Gasteiger partial charge in [0.05, 0.1) is 12.1 Å². The van der Waals surface area contributed by atoms with Crippen molar-refractivity contribution in [2.75, 3.05) is 0 Å². The molecule has 3 aromatic carbocycles. The first-order valence-electron chi connectivity index (χ1n) is 11.7. The second kappa shape index (κ2) is 10.0. The summed E-state index contributed by atoms with van der Waals surface area (Å²) in [6, 6.07) is 23.1. The predicted octanol–water partition coefficient (Wildman–Crippen LogP) is 5.91. The molecule has 4 rings (SSSR count). The number of carbonyl (C=O) groups is 1. The molecule has 0 spiro atoms. The highest BCUT2D eigenvalue weighted by atomic mass is 16.6. The number of esters is 1. The first kappa shape index (κ1) is 24.0. The predicted molar refractivity (Wildman–Crippen MR) is 141 cm³/mol. The van der Waals surface area contributed by atoms with E-state index in [4.69, 9.17) is 4.74 Å². The number of hydrogen-bond donors (Lipinski definition) is 0. The maximum Gasteiger partial charge on any atom is 0.338 e. The lowest BCUT2D eigenvalue weighted by Gasteiger charge is -2.19. The molecule has 35 heavy (non-hydrogen) atoms. The molecule has 0 unspecified atom stereocenters. The molecule has 0 radical (unpaired) electrons. The summed E-state index contributed by atoms with van der Waals surface area (Å²) in [7, 11) is 0. The van der Waals surface area contributed by atoms with Gasteiger partial charge in [-0.3, -0.25) is 4.79 Å². The van der Waals surface area contributed by atoms with Gasteiger partial charge < -0.3 is 9.30 Å². The maximum atomic E-state index is 13.3. The average Bonchev–Trinajstić information content (AvgIpc) is 2.82. The molecule has 4 nitrogen and oxygen atoms in total. The molecule has 0 saturated carbocycles. The number of hydrogen-bond acceptors (Lipinski definition) is 3. The van der Waals surface area contributed by atoms with Crippen LogP contribution in [0.2, 0.25) is 0 Å². The topological polar surface area (TPSA) is 48.3 Å². The quantitative estimate of drug-likeness (QED) is 0.279. The van der Waals surface area contributed by atoms with Crippen molar-refractivity contribution < 1.29 is 9.53 Å². The third kappa shape index (κ3) is 6.07. The Hall–Kier alpha value is -4.10. The minimum Gasteiger partial charge on any atom is -0.456 e. The minimum atomic E-state index is -0.545. The van der Waals surface area contributed by atoms with Gasteiger partial charge in [0.25, 0.3) is 5.56 Å². The van der Waals surface area contributed by atoms with E-state index in [-0.39, 0.29) is 11.5 Å². The Bertz CT molecular complexity index is 1480. The largest absolute Gasteiger partial charge is 0.456 e. The van der Waals surface area contributed by atoms with E-state index in [1.807, 2.05) is 82.4 Å². The van der Waals surface area contributed by atoms with Crippen LogP contribution in [0.3, 0.4) is 0 Å². The molecular weight excluding hydrogens is 434 g/mol. The molecule has 0 atom stereocenters. The van der Waals surface area contributed by atoms with E-state index in [9.17, 15) is 9.59 Å². The van der Waals surface area contributed by atoms with Gasteiger partial charge in [-0.1, -0.05) is 60.4 Å². The van der Waals surface area contributed by atoms with Gasteiger partial charge in [0.2, 0.25) is 0 Å². The van der Waals surface area contributed by atoms with Crippen LogP contribution in [0.25, 0.3) is 10.8 Å². The molecule has 0 aliphatic heterocycles. The lowest BCUT2D eigenvalue weighted by atomic mass is 10.0. The molecule has 0 saturated heterocycles. The molecule has 0 bridgehead atoms. The summed E-state index contributed by atoms with van der Waals surface area (Å²) >= 11 is 0. The van der Waals surface area contributed by atoms with Crippen LogP contribution in [0.15, 0.2) is 83.8 Å². The smallest absolute Gasteiger partial charge is 0.338 e. The van der Waals surface area contributed by atoms with Crippen LogP contribution >= 0.6 is 0 Å². The summed E-state index contributed by atoms with van der Waals surface area (Å²) in [5.74, 6) is 6.04. The molecule has 4 heteroatoms. The van der Waals surface area contributed by atoms with Crippen LogP contribution in [0, 0.1) is 18.8 Å². The molecule has 4 aromatic rings. The van der Waals surface area contributed by atoms with Gasteiger partial charge in [-0.25, -0.2) is 4.79 Å². The van der Waals surface area contributed by atoms with Crippen LogP contribution in [-0.2, 0) is 17.7 Å². The number of benzene rings is 3. The molecule has 0 fully saturated rings. The van der Waals surface area contributed by atoms with Gasteiger partial charge in [-0.05, 0) is 74.0 Å². The Balaban J connectivity index is 1.57. The van der Waals surface area contributed by atoms with Gasteiger partial charge in [0.15, 0.2) is 0 Å². The van der Waals surface area contributed by atoms with E-state index < -0.39 is 5.60 Å². The number of ether oxygens (including phenoxy) is 1. The summed E-state index contributed by atoms with van der Waals surface area (Å²) in [5.41, 5.74) is 3.82. The summed E-state index contributed by atoms with van der Waals surface area (Å²) in [6.07, 6.45) is 2.55. The number of pyridine rings is 1. The summed E-state index contributed by atoms with van der Waals surface area (Å²) in [5, 5.41) is 1.59. The average molecular weight is 464 g/mol. The van der Waals surface area contributed by atoms with E-state index in [0.29, 0.717) is 23.9 Å². The van der Waals surface area contributed by atoms with Crippen LogP contribution in [0.5, 0.6) is 0 Å². The maximum absolute atomic E-state index is 13.3. The monoisotopic (exact) mass is 463 g/mol. The number of carbonyl (C=O) groups excluding carboxylic acids is 1. The molecule has 0 amide bonds. The molecule has 1 heterocycles. The normalized spacial score (nSPS) is 11.1. The van der Waals surface area contributed by atoms with Crippen molar-refractivity contribution in [1.82, 2.24) is 4.57 Å². The van der Waals surface area contributed by atoms with E-state index in [2.05, 4.69) is 24.0 Å². The fourth-order valence-electron chi connectivity index (χ4n) is 3.90. The highest BCUT2D eigenvalue weighted by Crippen LogP contribution is 2.18. The third-order valence-electron chi connectivity index (χ3n) is 5.59. The Labute approximate surface area is 206 Å². The van der Waals surface area contributed by atoms with Gasteiger partial charge in [0, 0.05) is 23.6 Å². The van der Waals surface area contributed by atoms with Gasteiger partial charge in [0.1, 0.15) is 5.60 Å². The lowest BCUT2D eigenvalue weighted by Crippen LogP contribution is -2.24. The van der Waals surface area contributed by atoms with Crippen molar-refractivity contribution in [3.63, 3.8) is 0 Å². The minimum absolute atomic E-state index is 0.0615. The Morgan fingerprint density at radius 3 is 2.31 bits per heavy atom. The molecule has 0 aliphatic rings. The van der Waals surface area contributed by atoms with E-state index in [1.165, 1.54) is 0 Å². The number of aryl methyl sites for hydroxylation is 1. The third-order valence-corrected chi connectivity index (χ3v) is 5.59. The first-order chi connectivity index (χ1) is 16.7. The summed E-state index contributed by atoms with van der Waals surface area (Å²) < 4.78 is 7.13. The highest BCUT2D eigenvalue weighted by molar-refractivity contribution is 5.89. The molecular formula is C31H29NO3. The van der Waals surface area contributed by atoms with Crippen LogP contribution in [-0.4, -0.2) is 16.1 Å². The number of rotatable bonds is 4. The molecule has 176 valence electrons. The van der Waals surface area contributed by atoms with Gasteiger partial charge >= 0.3 is 5.97 Å². The zero-order valence-corrected chi connectivity index (χ0v) is 20.6. The summed E-state index contributed by atoms with van der Waals surface area (Å²) in [4.78, 5) is 25.6. The van der Waals surface area contributed by atoms with E-state index >= 15 is 0 Å². The van der Waals surface area contributed by atoms with Crippen molar-refractivity contribution in [1.29, 1.82) is 0 Å². The number of aromatic nitrogens is 1. The number of nitrogens with zero attached hydrogens (tertiary/aromatic N) is 1. The van der Waals surface area contributed by atoms with Gasteiger partial charge in [-0.15, -0.1) is 0 Å². The van der Waals surface area contributed by atoms with Crippen molar-refractivity contribution in [2.45, 2.75) is 46.3 Å². The zero-order chi connectivity index (χ0) is 25.0. The van der Waals surface area contributed by atoms with E-state index in [0.717, 1.165) is 27.6 Å². The SMILES string of the molecule is Cc1cn(Cc2ccc(C(=O)OC(C)(C)C)cc2)c(=O)c2cc(C#CCc3ccccc3)ccc12. The standard InChI is InChI=1S/C31H29NO3/c1-22-20-32(21-25-13-16-26(17-14-25)30(34)35-31(2,3)4)29(33)28-19-24(15-18-27(22)28)12-8-11-23-9-6-5-7-10-23/h5-7,9-10,13-20H,11,21H2,1-4H3. The van der Waals surface area contributed by atoms with E-state index in [1.54, 1.807) is 16.7 Å². The van der Waals surface area contributed by atoms with Crippen molar-refractivity contribution >= 4 is 16.7 Å². The highest BCUT2D eigenvalue weighted by Gasteiger charge is 2.17. The summed E-state index contributed by atoms with van der Waals surface area (Å²) in [6.45, 7) is 7.94. The Kier molecular flexibility index (Phi) is 6.89. The fourth-order valence-corrected chi connectivity index (χ4v) is 3.90. The second-order valence-corrected chi connectivity index (χ2v) is 9.67.